The third kappa shape index (κ3) is 2.14. The Morgan fingerprint density at radius 3 is 2.95 bits per heavy atom. The summed E-state index contributed by atoms with van der Waals surface area (Å²) in [7, 11) is 0. The number of hydrogen-bond donors (Lipinski definition) is 0. The zero-order chi connectivity index (χ0) is 14.2. The second kappa shape index (κ2) is 4.84. The van der Waals surface area contributed by atoms with Crippen LogP contribution in [0.5, 0.6) is 0 Å². The van der Waals surface area contributed by atoms with Gasteiger partial charge >= 0.3 is 0 Å². The fraction of sp³-hybridized carbons (Fsp3) is 0.312. The van der Waals surface area contributed by atoms with Crippen molar-refractivity contribution in [3.63, 3.8) is 0 Å². The molecule has 106 valence electrons. The molecule has 0 spiro atoms. The average molecular weight is 279 g/mol. The molecule has 5 nitrogen and oxygen atoms in total. The maximum absolute atomic E-state index is 4.83. The fourth-order valence-electron chi connectivity index (χ4n) is 2.90. The van der Waals surface area contributed by atoms with E-state index in [2.05, 4.69) is 21.9 Å². The summed E-state index contributed by atoms with van der Waals surface area (Å²) >= 11 is 0. The van der Waals surface area contributed by atoms with Crippen molar-refractivity contribution in [1.29, 1.82) is 0 Å². The maximum atomic E-state index is 4.83. The van der Waals surface area contributed by atoms with E-state index in [1.807, 2.05) is 41.3 Å². The molecule has 0 radical (unpaired) electrons. The summed E-state index contributed by atoms with van der Waals surface area (Å²) in [4.78, 5) is 11.4. The molecule has 0 aromatic carbocycles. The van der Waals surface area contributed by atoms with Crippen molar-refractivity contribution < 1.29 is 0 Å². The number of nitrogens with zero attached hydrogens (tertiary/aromatic N) is 5. The summed E-state index contributed by atoms with van der Waals surface area (Å²) in [5.74, 6) is 1.78. The summed E-state index contributed by atoms with van der Waals surface area (Å²) in [5.41, 5.74) is 2.96. The zero-order valence-corrected chi connectivity index (χ0v) is 12.0. The van der Waals surface area contributed by atoms with Crippen LogP contribution in [0.2, 0.25) is 0 Å². The van der Waals surface area contributed by atoms with Gasteiger partial charge in [0.2, 0.25) is 0 Å². The molecule has 0 saturated carbocycles. The monoisotopic (exact) mass is 279 g/mol. The van der Waals surface area contributed by atoms with Gasteiger partial charge in [-0.1, -0.05) is 13.0 Å². The average Bonchev–Trinajstić information content (AvgIpc) is 3.13. The first-order valence-electron chi connectivity index (χ1n) is 7.31. The Hall–Kier alpha value is -2.43. The maximum Gasteiger partial charge on any atom is 0.165 e. The lowest BCUT2D eigenvalue weighted by Crippen LogP contribution is -2.20. The molecular weight excluding hydrogens is 262 g/mol. The Balaban J connectivity index is 1.79. The molecule has 0 N–H and O–H groups in total. The molecule has 1 atom stereocenters. The smallest absolute Gasteiger partial charge is 0.165 e. The van der Waals surface area contributed by atoms with Crippen LogP contribution in [0.3, 0.4) is 0 Å². The molecule has 21 heavy (non-hydrogen) atoms. The summed E-state index contributed by atoms with van der Waals surface area (Å²) in [6.45, 7) is 4.46. The van der Waals surface area contributed by atoms with Gasteiger partial charge in [-0.25, -0.2) is 9.50 Å². The predicted octanol–water partition coefficient (Wildman–Crippen LogP) is 2.64. The molecule has 3 aromatic heterocycles. The number of hydrogen-bond acceptors (Lipinski definition) is 4. The Bertz CT molecular complexity index is 765. The van der Waals surface area contributed by atoms with Crippen molar-refractivity contribution in [2.45, 2.75) is 13.3 Å². The molecule has 1 aliphatic rings. The van der Waals surface area contributed by atoms with Gasteiger partial charge in [0.15, 0.2) is 5.65 Å². The van der Waals surface area contributed by atoms with E-state index in [0.717, 1.165) is 41.6 Å². The summed E-state index contributed by atoms with van der Waals surface area (Å²) < 4.78 is 1.82. The first kappa shape index (κ1) is 12.3. The van der Waals surface area contributed by atoms with Gasteiger partial charge in [0.25, 0.3) is 0 Å². The van der Waals surface area contributed by atoms with Crippen LogP contribution >= 0.6 is 0 Å². The first-order valence-corrected chi connectivity index (χ1v) is 7.31. The Kier molecular flexibility index (Phi) is 2.84. The lowest BCUT2D eigenvalue weighted by atomic mass is 10.1. The van der Waals surface area contributed by atoms with Crippen molar-refractivity contribution in [3.8, 4) is 11.1 Å². The highest BCUT2D eigenvalue weighted by atomic mass is 15.3. The first-order chi connectivity index (χ1) is 10.3. The van der Waals surface area contributed by atoms with Crippen molar-refractivity contribution in [1.82, 2.24) is 19.6 Å². The van der Waals surface area contributed by atoms with Gasteiger partial charge in [0.05, 0.1) is 6.20 Å². The summed E-state index contributed by atoms with van der Waals surface area (Å²) in [6.07, 6.45) is 8.71. The molecule has 0 amide bonds. The Labute approximate surface area is 123 Å². The van der Waals surface area contributed by atoms with Crippen LogP contribution in [0.25, 0.3) is 16.8 Å². The molecule has 4 rings (SSSR count). The molecule has 0 aliphatic carbocycles. The number of pyridine rings is 1. The molecule has 0 unspecified atom stereocenters. The molecule has 1 aliphatic heterocycles. The number of rotatable bonds is 2. The van der Waals surface area contributed by atoms with Crippen LogP contribution in [-0.2, 0) is 0 Å². The van der Waals surface area contributed by atoms with Crippen molar-refractivity contribution in [2.75, 3.05) is 18.0 Å². The van der Waals surface area contributed by atoms with E-state index >= 15 is 0 Å². The van der Waals surface area contributed by atoms with Gasteiger partial charge < -0.3 is 4.90 Å². The minimum atomic E-state index is 0.741. The highest BCUT2D eigenvalue weighted by Gasteiger charge is 2.20. The van der Waals surface area contributed by atoms with Crippen LogP contribution in [-0.4, -0.2) is 32.7 Å². The van der Waals surface area contributed by atoms with Gasteiger partial charge in [-0.3, -0.25) is 4.98 Å². The van der Waals surface area contributed by atoms with E-state index in [-0.39, 0.29) is 0 Å². The van der Waals surface area contributed by atoms with Crippen molar-refractivity contribution in [2.24, 2.45) is 5.92 Å². The normalized spacial score (nSPS) is 18.5. The highest BCUT2D eigenvalue weighted by Crippen LogP contribution is 2.26. The lowest BCUT2D eigenvalue weighted by molar-refractivity contribution is 0.659. The van der Waals surface area contributed by atoms with E-state index in [0.29, 0.717) is 0 Å². The fourth-order valence-corrected chi connectivity index (χ4v) is 2.90. The van der Waals surface area contributed by atoms with E-state index in [4.69, 9.17) is 4.98 Å². The van der Waals surface area contributed by atoms with Gasteiger partial charge in [-0.2, -0.15) is 5.10 Å². The SMILES string of the molecule is C[C@H]1CCN(c2ccn3ncc(-c4cccnc4)c3n2)C1. The second-order valence-electron chi connectivity index (χ2n) is 5.69. The minimum absolute atomic E-state index is 0.741. The molecule has 4 heterocycles. The Morgan fingerprint density at radius 1 is 1.24 bits per heavy atom. The molecule has 5 heteroatoms. The number of fused-ring (bicyclic) bond motifs is 1. The van der Waals surface area contributed by atoms with E-state index in [1.54, 1.807) is 6.20 Å². The minimum Gasteiger partial charge on any atom is -0.356 e. The summed E-state index contributed by atoms with van der Waals surface area (Å²) in [5, 5.41) is 4.39. The van der Waals surface area contributed by atoms with Crippen LogP contribution in [0.4, 0.5) is 5.82 Å². The third-order valence-electron chi connectivity index (χ3n) is 4.07. The third-order valence-corrected chi connectivity index (χ3v) is 4.07. The number of anilines is 1. The number of aromatic nitrogens is 4. The van der Waals surface area contributed by atoms with Crippen LogP contribution in [0.1, 0.15) is 13.3 Å². The molecular formula is C16H17N5. The van der Waals surface area contributed by atoms with E-state index < -0.39 is 0 Å². The summed E-state index contributed by atoms with van der Waals surface area (Å²) in [6, 6.07) is 6.02. The standard InChI is InChI=1S/C16H17N5/c1-12-4-7-20(11-12)15-5-8-21-16(19-15)14(10-18-21)13-3-2-6-17-9-13/h2-3,5-6,8-10,12H,4,7,11H2,1H3/t12-/m0/s1. The van der Waals surface area contributed by atoms with Crippen molar-refractivity contribution in [3.05, 3.63) is 43.0 Å². The van der Waals surface area contributed by atoms with E-state index in [1.165, 1.54) is 6.42 Å². The van der Waals surface area contributed by atoms with E-state index in [9.17, 15) is 0 Å². The van der Waals surface area contributed by atoms with Crippen LogP contribution < -0.4 is 4.90 Å². The molecule has 0 bridgehead atoms. The Morgan fingerprint density at radius 2 is 2.19 bits per heavy atom. The highest BCUT2D eigenvalue weighted by molar-refractivity contribution is 5.77. The van der Waals surface area contributed by atoms with Crippen molar-refractivity contribution >= 4 is 11.5 Å². The largest absolute Gasteiger partial charge is 0.356 e. The van der Waals surface area contributed by atoms with Gasteiger partial charge in [0.1, 0.15) is 5.82 Å². The second-order valence-corrected chi connectivity index (χ2v) is 5.69. The van der Waals surface area contributed by atoms with Crippen LogP contribution in [0, 0.1) is 5.92 Å². The van der Waals surface area contributed by atoms with Gasteiger partial charge in [-0.15, -0.1) is 0 Å². The van der Waals surface area contributed by atoms with Crippen LogP contribution in [0.15, 0.2) is 43.0 Å². The molecule has 1 fully saturated rings. The lowest BCUT2D eigenvalue weighted by Gasteiger charge is -2.16. The topological polar surface area (TPSA) is 46.3 Å². The van der Waals surface area contributed by atoms with Gasteiger partial charge in [-0.05, 0) is 24.5 Å². The van der Waals surface area contributed by atoms with Gasteiger partial charge in [0, 0.05) is 42.8 Å². The zero-order valence-electron chi connectivity index (χ0n) is 12.0. The molecule has 1 saturated heterocycles. The predicted molar refractivity (Wildman–Crippen MR) is 82.2 cm³/mol. The quantitative estimate of drug-likeness (QED) is 0.723. The molecule has 3 aromatic rings.